The lowest BCUT2D eigenvalue weighted by Crippen LogP contribution is -2.45. The Bertz CT molecular complexity index is 1410. The smallest absolute Gasteiger partial charge is 0.329 e. The second kappa shape index (κ2) is 12.9. The summed E-state index contributed by atoms with van der Waals surface area (Å²) in [5, 5.41) is 8.69. The second-order valence-corrected chi connectivity index (χ2v) is 9.39. The normalized spacial score (nSPS) is 15.1. The summed E-state index contributed by atoms with van der Waals surface area (Å²) in [6.07, 6.45) is -0.0711. The van der Waals surface area contributed by atoms with Gasteiger partial charge in [0.1, 0.15) is 11.8 Å². The lowest BCUT2D eigenvalue weighted by Gasteiger charge is -2.23. The van der Waals surface area contributed by atoms with Gasteiger partial charge in [0.15, 0.2) is 6.61 Å². The maximum atomic E-state index is 13.3. The molecule has 0 bridgehead atoms. The van der Waals surface area contributed by atoms with Crippen molar-refractivity contribution in [2.75, 3.05) is 13.7 Å². The lowest BCUT2D eigenvalue weighted by atomic mass is 9.98. The molecule has 0 saturated heterocycles. The van der Waals surface area contributed by atoms with E-state index in [4.69, 9.17) is 26.8 Å². The van der Waals surface area contributed by atoms with Gasteiger partial charge in [-0.05, 0) is 47.5 Å². The van der Waals surface area contributed by atoms with E-state index in [9.17, 15) is 19.2 Å². The van der Waals surface area contributed by atoms with Gasteiger partial charge in [-0.2, -0.15) is 5.10 Å². The summed E-state index contributed by atoms with van der Waals surface area (Å²) in [6, 6.07) is 20.8. The van der Waals surface area contributed by atoms with Gasteiger partial charge >= 0.3 is 5.97 Å². The van der Waals surface area contributed by atoms with Crippen LogP contribution in [0.5, 0.6) is 5.75 Å². The standard InChI is InChI=1S/C29H27ClN4O6/c1-39-22-13-9-19(10-14-22)25-15-23(18-5-3-2-4-6-18)33-34(25)27(36)17-40-29(38)24(16-26(31)35)32-28(37)20-7-11-21(30)12-8-20/h2-14,24-25H,15-17H2,1H3,(H2,31,35)(H,32,37)/t24-,25+/m0/s1. The van der Waals surface area contributed by atoms with Crippen molar-refractivity contribution in [3.05, 3.63) is 101 Å². The molecule has 0 saturated carbocycles. The summed E-state index contributed by atoms with van der Waals surface area (Å²) in [7, 11) is 1.56. The van der Waals surface area contributed by atoms with Crippen LogP contribution in [0.15, 0.2) is 84.0 Å². The quantitative estimate of drug-likeness (QED) is 0.363. The van der Waals surface area contributed by atoms with E-state index in [1.165, 1.54) is 29.3 Å². The number of hydrazone groups is 1. The number of benzene rings is 3. The molecule has 206 valence electrons. The van der Waals surface area contributed by atoms with E-state index in [1.807, 2.05) is 42.5 Å². The van der Waals surface area contributed by atoms with Gasteiger partial charge in [0.05, 0.1) is 25.3 Å². The zero-order chi connectivity index (χ0) is 28.6. The molecule has 3 N–H and O–H groups in total. The molecule has 3 amide bonds. The number of nitrogens with two attached hydrogens (primary N) is 1. The zero-order valence-electron chi connectivity index (χ0n) is 21.6. The molecule has 10 nitrogen and oxygen atoms in total. The van der Waals surface area contributed by atoms with E-state index in [0.717, 1.165) is 11.1 Å². The van der Waals surface area contributed by atoms with E-state index < -0.39 is 48.8 Å². The van der Waals surface area contributed by atoms with Gasteiger partial charge in [-0.3, -0.25) is 14.4 Å². The third-order valence-corrected chi connectivity index (χ3v) is 6.46. The number of rotatable bonds is 10. The van der Waals surface area contributed by atoms with Gasteiger partial charge in [0, 0.05) is 17.0 Å². The van der Waals surface area contributed by atoms with E-state index >= 15 is 0 Å². The third kappa shape index (κ3) is 7.03. The highest BCUT2D eigenvalue weighted by molar-refractivity contribution is 6.30. The van der Waals surface area contributed by atoms with Crippen molar-refractivity contribution in [1.29, 1.82) is 0 Å². The maximum Gasteiger partial charge on any atom is 0.329 e. The molecule has 1 aliphatic rings. The Hall–Kier alpha value is -4.70. The van der Waals surface area contributed by atoms with Crippen molar-refractivity contribution in [3.8, 4) is 5.75 Å². The number of hydrogen-bond donors (Lipinski definition) is 2. The first-order valence-electron chi connectivity index (χ1n) is 12.4. The van der Waals surface area contributed by atoms with Crippen LogP contribution in [-0.4, -0.2) is 54.2 Å². The number of amides is 3. The summed E-state index contributed by atoms with van der Waals surface area (Å²) in [5.74, 6) is -2.37. The molecule has 0 fully saturated rings. The Kier molecular flexibility index (Phi) is 9.13. The first-order chi connectivity index (χ1) is 19.2. The van der Waals surface area contributed by atoms with Crippen LogP contribution in [0.4, 0.5) is 0 Å². The fraction of sp³-hybridized carbons (Fsp3) is 0.207. The molecule has 0 spiro atoms. The molecule has 0 aliphatic carbocycles. The van der Waals surface area contributed by atoms with Crippen molar-refractivity contribution < 1.29 is 28.7 Å². The Balaban J connectivity index is 1.48. The second-order valence-electron chi connectivity index (χ2n) is 8.96. The van der Waals surface area contributed by atoms with E-state index in [0.29, 0.717) is 22.9 Å². The predicted molar refractivity (Wildman–Crippen MR) is 148 cm³/mol. The van der Waals surface area contributed by atoms with E-state index in [2.05, 4.69) is 10.4 Å². The number of nitrogens with one attached hydrogen (secondary N) is 1. The average molecular weight is 563 g/mol. The number of halogens is 1. The van der Waals surface area contributed by atoms with Gasteiger partial charge in [-0.25, -0.2) is 9.80 Å². The fourth-order valence-corrected chi connectivity index (χ4v) is 4.29. The maximum absolute atomic E-state index is 13.3. The van der Waals surface area contributed by atoms with Gasteiger partial charge in [-0.1, -0.05) is 54.1 Å². The Morgan fingerprint density at radius 2 is 1.70 bits per heavy atom. The van der Waals surface area contributed by atoms with Crippen LogP contribution in [0.25, 0.3) is 0 Å². The molecule has 40 heavy (non-hydrogen) atoms. The van der Waals surface area contributed by atoms with Crippen LogP contribution >= 0.6 is 11.6 Å². The molecule has 4 rings (SSSR count). The van der Waals surface area contributed by atoms with E-state index in [1.54, 1.807) is 19.2 Å². The van der Waals surface area contributed by atoms with Gasteiger partial charge in [-0.15, -0.1) is 0 Å². The van der Waals surface area contributed by atoms with Crippen LogP contribution < -0.4 is 15.8 Å². The predicted octanol–water partition coefficient (Wildman–Crippen LogP) is 3.24. The average Bonchev–Trinajstić information content (AvgIpc) is 3.42. The van der Waals surface area contributed by atoms with Crippen LogP contribution in [0.2, 0.25) is 5.02 Å². The summed E-state index contributed by atoms with van der Waals surface area (Å²) >= 11 is 5.86. The number of hydrogen-bond acceptors (Lipinski definition) is 7. The van der Waals surface area contributed by atoms with Crippen molar-refractivity contribution in [1.82, 2.24) is 10.3 Å². The minimum Gasteiger partial charge on any atom is -0.497 e. The highest BCUT2D eigenvalue weighted by Crippen LogP contribution is 2.33. The number of carbonyl (C=O) groups is 4. The number of nitrogens with zero attached hydrogens (tertiary/aromatic N) is 2. The number of esters is 1. The lowest BCUT2D eigenvalue weighted by molar-refractivity contribution is -0.154. The minimum absolute atomic E-state index is 0.213. The highest BCUT2D eigenvalue weighted by Gasteiger charge is 2.34. The Labute approximate surface area is 235 Å². The number of primary amides is 1. The van der Waals surface area contributed by atoms with Crippen molar-refractivity contribution in [2.45, 2.75) is 24.9 Å². The third-order valence-electron chi connectivity index (χ3n) is 6.21. The van der Waals surface area contributed by atoms with Crippen molar-refractivity contribution >= 4 is 41.0 Å². The molecular formula is C29H27ClN4O6. The summed E-state index contributed by atoms with van der Waals surface area (Å²) in [6.45, 7) is -0.664. The van der Waals surface area contributed by atoms with Crippen LogP contribution in [0.1, 0.15) is 40.4 Å². The molecule has 0 unspecified atom stereocenters. The Morgan fingerprint density at radius 3 is 2.33 bits per heavy atom. The van der Waals surface area contributed by atoms with Crippen LogP contribution in [0, 0.1) is 0 Å². The number of methoxy groups -OCH3 is 1. The van der Waals surface area contributed by atoms with Gasteiger partial charge < -0.3 is 20.5 Å². The first kappa shape index (κ1) is 28.3. The highest BCUT2D eigenvalue weighted by atomic mass is 35.5. The molecule has 2 atom stereocenters. The molecule has 3 aromatic rings. The first-order valence-corrected chi connectivity index (χ1v) is 12.7. The van der Waals surface area contributed by atoms with Gasteiger partial charge in [0.2, 0.25) is 5.91 Å². The molecule has 0 aromatic heterocycles. The van der Waals surface area contributed by atoms with Crippen molar-refractivity contribution in [3.63, 3.8) is 0 Å². The molecule has 11 heteroatoms. The fourth-order valence-electron chi connectivity index (χ4n) is 4.17. The molecular weight excluding hydrogens is 536 g/mol. The zero-order valence-corrected chi connectivity index (χ0v) is 22.3. The molecule has 3 aromatic carbocycles. The molecule has 1 heterocycles. The summed E-state index contributed by atoms with van der Waals surface area (Å²) < 4.78 is 10.5. The minimum atomic E-state index is -1.40. The largest absolute Gasteiger partial charge is 0.497 e. The number of ether oxygens (including phenoxy) is 2. The van der Waals surface area contributed by atoms with Gasteiger partial charge in [0.25, 0.3) is 11.8 Å². The Morgan fingerprint density at radius 1 is 1.02 bits per heavy atom. The summed E-state index contributed by atoms with van der Waals surface area (Å²) in [4.78, 5) is 50.3. The topological polar surface area (TPSA) is 140 Å². The monoisotopic (exact) mass is 562 g/mol. The van der Waals surface area contributed by atoms with Crippen molar-refractivity contribution in [2.24, 2.45) is 10.8 Å². The SMILES string of the molecule is COc1ccc([C@H]2CC(c3ccccc3)=NN2C(=O)COC(=O)[C@H](CC(N)=O)NC(=O)c2ccc(Cl)cc2)cc1. The summed E-state index contributed by atoms with van der Waals surface area (Å²) in [5.41, 5.74) is 7.87. The van der Waals surface area contributed by atoms with Crippen LogP contribution in [-0.2, 0) is 19.1 Å². The van der Waals surface area contributed by atoms with E-state index in [-0.39, 0.29) is 5.56 Å². The molecule has 0 radical (unpaired) electrons. The van der Waals surface area contributed by atoms with Crippen LogP contribution in [0.3, 0.4) is 0 Å². The molecule has 1 aliphatic heterocycles. The number of carbonyl (C=O) groups excluding carboxylic acids is 4.